The molecular formula is C92H100Br4Cl4I3N11O18S. The van der Waals surface area contributed by atoms with E-state index in [0.29, 0.717) is 149 Å². The summed E-state index contributed by atoms with van der Waals surface area (Å²) in [6.45, 7) is 13.2. The Labute approximate surface area is 868 Å². The quantitative estimate of drug-likeness (QED) is 0.0374. The number of piperidine rings is 4. The molecule has 4 fully saturated rings. The molecule has 4 aliphatic carbocycles. The molecule has 0 saturated carbocycles. The zero-order chi connectivity index (χ0) is 95.2. The van der Waals surface area contributed by atoms with Gasteiger partial charge < -0.3 is 38.5 Å². The summed E-state index contributed by atoms with van der Waals surface area (Å²) >= 11 is 45.7. The topological polar surface area (TPSA) is 374 Å². The molecule has 0 radical (unpaired) electrons. The van der Waals surface area contributed by atoms with Crippen molar-refractivity contribution in [3.8, 4) is 0 Å². The highest BCUT2D eigenvalue weighted by atomic mass is 127. The van der Waals surface area contributed by atoms with E-state index < -0.39 is 25.2 Å². The van der Waals surface area contributed by atoms with Crippen LogP contribution in [0.25, 0.3) is 22.3 Å². The SMILES string of the molecule is C.C.CCOC(=O)N1CCC(=C2c3cc([N+](=O)[O-])c(Cl)cc3CCc3cc(Br)cnc32)CC1.CCOC(=O)N1CCC(=C2c3cc([N+](=O)[O-])c(Cl)cc3CCc3cc(Br)cnc32)CC1.CCOC(=O)N1CCC(=C2c3ccc(Cl)c([N+](=O)[O-])c3CCc3cc(Br)cnc32)CC1.CCOC(=O)N1CCC(=C2c3ccc(Cl)cc3CCc3cc(Br)cnc32)CC1.CI.ICI.O=S(=O)(O)O. The summed E-state index contributed by atoms with van der Waals surface area (Å²) in [6, 6.07) is 24.5. The molecule has 4 amide bonds. The Balaban J connectivity index is 0.000000210. The maximum atomic E-state index is 12.1. The van der Waals surface area contributed by atoms with Crippen molar-refractivity contribution in [1.82, 2.24) is 39.5 Å². The van der Waals surface area contributed by atoms with Crippen LogP contribution in [0.3, 0.4) is 0 Å². The lowest BCUT2D eigenvalue weighted by atomic mass is 9.88. The summed E-state index contributed by atoms with van der Waals surface area (Å²) < 4.78 is 57.0. The lowest BCUT2D eigenvalue weighted by Crippen LogP contribution is -2.37. The number of nitrogens with zero attached hydrogens (tertiary/aromatic N) is 11. The van der Waals surface area contributed by atoms with Gasteiger partial charge in [0.25, 0.3) is 17.1 Å². The van der Waals surface area contributed by atoms with E-state index in [-0.39, 0.29) is 71.4 Å². The van der Waals surface area contributed by atoms with Crippen LogP contribution in [0.2, 0.25) is 20.1 Å². The number of pyridine rings is 4. The standard InChI is InChI=1S/3C22H21BrClN3O4.C22H22BrClN2O2.CH2I2.CH3I.2CH4.H2O4S/c2*1-2-31-22(28)26-7-5-13(6-8-26)20-17-11-19(27(29)30)18(24)10-14(17)3-4-15-9-16(23)12-25-21(15)20;1-2-31-22(28)26-9-7-13(8-10-26)19-16-5-6-18(24)21(27(29)30)17(16)4-3-14-11-15(23)12-25-20(14)19;1-2-28-22(27)26-9-7-14(8-10-26)20-19-6-5-18(24)12-15(19)3-4-16-11-17(23)13-25-21(16)20;2-1-3;1-2;;;1-5(2,3)4/h2*9-12H,2-8H2,1H3;5-6,11-12H,2-4,7-10H2,1H3;5-6,11-13H,2-4,7-10H2,1H3;1H2;1H3;2*1H4;(H2,1,2,3,4). The molecule has 16 rings (SSSR count). The third kappa shape index (κ3) is 29.0. The minimum absolute atomic E-state index is 0. The second kappa shape index (κ2) is 52.6. The number of fused-ring (bicyclic) bond motifs is 8. The molecule has 0 spiro atoms. The summed E-state index contributed by atoms with van der Waals surface area (Å²) in [5, 5.41) is 36.2. The average molecular weight is 2520 g/mol. The Morgan fingerprint density at radius 2 is 0.647 bits per heavy atom. The van der Waals surface area contributed by atoms with Gasteiger partial charge in [-0.05, 0) is 315 Å². The van der Waals surface area contributed by atoms with E-state index >= 15 is 0 Å². The maximum absolute atomic E-state index is 12.1. The first-order chi connectivity index (χ1) is 62.6. The van der Waals surface area contributed by atoms with Crippen molar-refractivity contribution in [3.05, 3.63) is 284 Å². The molecule has 4 aliphatic heterocycles. The Kier molecular flexibility index (Phi) is 43.9. The zero-order valence-corrected chi connectivity index (χ0v) is 88.4. The van der Waals surface area contributed by atoms with Crippen LogP contribution in [0.4, 0.5) is 36.2 Å². The molecule has 8 heterocycles. The number of hydrogen-bond donors (Lipinski definition) is 2. The first-order valence-corrected chi connectivity index (χ1v) is 53.0. The van der Waals surface area contributed by atoms with E-state index in [0.717, 1.165) is 162 Å². The highest BCUT2D eigenvalue weighted by molar-refractivity contribution is 14.2. The lowest BCUT2D eigenvalue weighted by molar-refractivity contribution is -0.385. The highest BCUT2D eigenvalue weighted by Crippen LogP contribution is 2.48. The Morgan fingerprint density at radius 3 is 0.925 bits per heavy atom. The van der Waals surface area contributed by atoms with E-state index in [1.165, 1.54) is 30.3 Å². The average Bonchev–Trinajstić information content (AvgIpc) is 1.32. The first kappa shape index (κ1) is 111. The van der Waals surface area contributed by atoms with Crippen LogP contribution in [0.1, 0.15) is 183 Å². The number of carbonyl (C=O) groups is 4. The predicted molar refractivity (Wildman–Crippen MR) is 559 cm³/mol. The van der Waals surface area contributed by atoms with E-state index in [2.05, 4.69) is 162 Å². The summed E-state index contributed by atoms with van der Waals surface area (Å²) in [6.07, 6.45) is 17.5. The van der Waals surface area contributed by atoms with Gasteiger partial charge in [-0.2, -0.15) is 8.42 Å². The van der Waals surface area contributed by atoms with Gasteiger partial charge in [0, 0.05) is 140 Å². The molecule has 714 valence electrons. The molecule has 2 N–H and O–H groups in total. The highest BCUT2D eigenvalue weighted by Gasteiger charge is 2.36. The number of nitro benzene ring substituents is 3. The fourth-order valence-electron chi connectivity index (χ4n) is 17.0. The summed E-state index contributed by atoms with van der Waals surface area (Å²) in [4.78, 5) is 110. The molecule has 4 saturated heterocycles. The number of nitro groups is 3. The van der Waals surface area contributed by atoms with Crippen LogP contribution in [0, 0.1) is 30.3 Å². The number of amides is 4. The zero-order valence-electron chi connectivity index (χ0n) is 71.7. The smallest absolute Gasteiger partial charge is 0.409 e. The molecule has 4 aromatic carbocycles. The van der Waals surface area contributed by atoms with Gasteiger partial charge in [-0.25, -0.2) is 19.2 Å². The molecular weight excluding hydrogens is 2420 g/mol. The van der Waals surface area contributed by atoms with Crippen molar-refractivity contribution < 1.29 is 70.4 Å². The normalized spacial score (nSPS) is 15.1. The molecule has 0 atom stereocenters. The molecule has 41 heteroatoms. The fourth-order valence-corrected chi connectivity index (χ4v) is 19.4. The number of carbonyl (C=O) groups excluding carboxylic acids is 4. The van der Waals surface area contributed by atoms with Gasteiger partial charge in [0.05, 0.1) is 66.4 Å². The summed E-state index contributed by atoms with van der Waals surface area (Å²) in [5.74, 6) is 0. The van der Waals surface area contributed by atoms with Crippen molar-refractivity contribution in [3.63, 3.8) is 0 Å². The molecule has 133 heavy (non-hydrogen) atoms. The van der Waals surface area contributed by atoms with E-state index in [1.54, 1.807) is 89.3 Å². The van der Waals surface area contributed by atoms with Gasteiger partial charge in [0.2, 0.25) is 0 Å². The number of ether oxygens (including phenoxy) is 4. The van der Waals surface area contributed by atoms with E-state index in [9.17, 15) is 49.5 Å². The molecule has 4 aromatic heterocycles. The van der Waals surface area contributed by atoms with E-state index in [4.69, 9.17) is 103 Å². The van der Waals surface area contributed by atoms with Gasteiger partial charge in [0.15, 0.2) is 0 Å². The lowest BCUT2D eigenvalue weighted by Gasteiger charge is -2.29. The summed E-state index contributed by atoms with van der Waals surface area (Å²) in [5.41, 5.74) is 24.0. The summed E-state index contributed by atoms with van der Waals surface area (Å²) in [7, 11) is -4.67. The Morgan fingerprint density at radius 1 is 0.391 bits per heavy atom. The number of alkyl halides is 3. The second-order valence-electron chi connectivity index (χ2n) is 30.3. The van der Waals surface area contributed by atoms with Crippen LogP contribution in [0.15, 0.2) is 144 Å². The van der Waals surface area contributed by atoms with E-state index in [1.807, 2.05) is 36.3 Å². The van der Waals surface area contributed by atoms with Crippen LogP contribution < -0.4 is 0 Å². The van der Waals surface area contributed by atoms with Gasteiger partial charge in [-0.3, -0.25) is 59.4 Å². The molecule has 8 aromatic rings. The van der Waals surface area contributed by atoms with Gasteiger partial charge in [-0.1, -0.05) is 163 Å². The van der Waals surface area contributed by atoms with Crippen molar-refractivity contribution in [2.24, 2.45) is 0 Å². The number of hydrogen-bond acceptors (Lipinski definition) is 20. The number of rotatable bonds is 7. The monoisotopic (exact) mass is 2510 g/mol. The predicted octanol–water partition coefficient (Wildman–Crippen LogP) is 25.8. The molecule has 8 aliphatic rings. The Hall–Kier alpha value is -7.14. The molecule has 0 bridgehead atoms. The minimum atomic E-state index is -4.67. The third-order valence-electron chi connectivity index (χ3n) is 22.6. The van der Waals surface area contributed by atoms with Crippen LogP contribution >= 0.6 is 178 Å². The number of halogens is 11. The van der Waals surface area contributed by atoms with Crippen molar-refractivity contribution in [2.45, 2.75) is 145 Å². The minimum Gasteiger partial charge on any atom is -0.450 e. The largest absolute Gasteiger partial charge is 0.450 e. The van der Waals surface area contributed by atoms with Crippen molar-refractivity contribution in [2.75, 3.05) is 86.2 Å². The van der Waals surface area contributed by atoms with Crippen LogP contribution in [-0.2, 0) is 80.7 Å². The van der Waals surface area contributed by atoms with Crippen LogP contribution in [-0.4, -0.2) is 182 Å². The van der Waals surface area contributed by atoms with Gasteiger partial charge in [0.1, 0.15) is 15.1 Å². The number of aryl methyl sites for hydroxylation is 7. The third-order valence-corrected chi connectivity index (χ3v) is 25.5. The number of benzene rings is 4. The van der Waals surface area contributed by atoms with Crippen molar-refractivity contribution in [1.29, 1.82) is 0 Å². The molecule has 29 nitrogen and oxygen atoms in total. The van der Waals surface area contributed by atoms with Gasteiger partial charge in [-0.15, -0.1) is 0 Å². The second-order valence-corrected chi connectivity index (χ2v) is 40.9. The van der Waals surface area contributed by atoms with Gasteiger partial charge >= 0.3 is 34.8 Å². The Bertz CT molecular complexity index is 5580. The first-order valence-electron chi connectivity index (χ1n) is 41.7. The van der Waals surface area contributed by atoms with Crippen LogP contribution in [0.5, 0.6) is 0 Å². The van der Waals surface area contributed by atoms with Crippen molar-refractivity contribution >= 4 is 252 Å². The molecule has 0 unspecified atom stereocenters. The number of aromatic nitrogens is 4. The maximum Gasteiger partial charge on any atom is 0.409 e. The fraction of sp³-hybridized carbons (Fsp3) is 0.391. The number of likely N-dealkylation sites (tertiary alicyclic amines) is 4.